The van der Waals surface area contributed by atoms with Crippen molar-refractivity contribution in [1.29, 1.82) is 0 Å². The second-order valence-corrected chi connectivity index (χ2v) is 7.96. The Hall–Kier alpha value is -2.80. The second kappa shape index (κ2) is 7.08. The molecule has 0 atom stereocenters. The van der Waals surface area contributed by atoms with Crippen LogP contribution in [0.2, 0.25) is 0 Å². The summed E-state index contributed by atoms with van der Waals surface area (Å²) in [4.78, 5) is 15.6. The number of aromatic nitrogens is 5. The van der Waals surface area contributed by atoms with Crippen LogP contribution < -0.4 is 5.32 Å². The molecule has 6 nitrogen and oxygen atoms in total. The van der Waals surface area contributed by atoms with Gasteiger partial charge in [-0.1, -0.05) is 24.3 Å². The molecule has 136 valence electrons. The molecule has 7 heteroatoms. The SMILES string of the molecule is c1nc(NCc2ccc(Cn3cncn3)cc2)c2c3c(sc2n1)CCCC3. The zero-order valence-electron chi connectivity index (χ0n) is 14.9. The van der Waals surface area contributed by atoms with Crippen molar-refractivity contribution in [3.8, 4) is 0 Å². The molecule has 0 fully saturated rings. The first-order chi connectivity index (χ1) is 13.4. The summed E-state index contributed by atoms with van der Waals surface area (Å²) in [6.07, 6.45) is 9.85. The number of nitrogens with zero attached hydrogens (tertiary/aromatic N) is 5. The van der Waals surface area contributed by atoms with E-state index in [0.29, 0.717) is 0 Å². The molecule has 0 spiro atoms. The number of thiophene rings is 1. The molecule has 0 amide bonds. The summed E-state index contributed by atoms with van der Waals surface area (Å²) in [6.45, 7) is 1.49. The van der Waals surface area contributed by atoms with Gasteiger partial charge in [0.05, 0.1) is 11.9 Å². The lowest BCUT2D eigenvalue weighted by atomic mass is 9.97. The number of nitrogens with one attached hydrogen (secondary N) is 1. The van der Waals surface area contributed by atoms with Crippen LogP contribution in [-0.4, -0.2) is 24.7 Å². The maximum Gasteiger partial charge on any atom is 0.138 e. The first kappa shape index (κ1) is 16.4. The van der Waals surface area contributed by atoms with E-state index in [9.17, 15) is 0 Å². The van der Waals surface area contributed by atoms with Gasteiger partial charge in [-0.3, -0.25) is 0 Å². The fraction of sp³-hybridized carbons (Fsp3) is 0.300. The number of aryl methyl sites for hydroxylation is 2. The Labute approximate surface area is 161 Å². The minimum Gasteiger partial charge on any atom is -0.365 e. The third kappa shape index (κ3) is 3.30. The molecule has 4 aromatic rings. The van der Waals surface area contributed by atoms with E-state index >= 15 is 0 Å². The van der Waals surface area contributed by atoms with Crippen LogP contribution >= 0.6 is 11.3 Å². The van der Waals surface area contributed by atoms with Gasteiger partial charge >= 0.3 is 0 Å². The molecule has 1 aromatic carbocycles. The smallest absolute Gasteiger partial charge is 0.138 e. The lowest BCUT2D eigenvalue weighted by Crippen LogP contribution is -2.05. The van der Waals surface area contributed by atoms with Crippen LogP contribution in [0.3, 0.4) is 0 Å². The molecule has 1 aliphatic rings. The van der Waals surface area contributed by atoms with Gasteiger partial charge in [-0.2, -0.15) is 5.10 Å². The molecule has 1 N–H and O–H groups in total. The normalized spacial score (nSPS) is 13.6. The molecule has 0 unspecified atom stereocenters. The van der Waals surface area contributed by atoms with E-state index in [1.807, 2.05) is 16.0 Å². The van der Waals surface area contributed by atoms with Crippen molar-refractivity contribution in [1.82, 2.24) is 24.7 Å². The lowest BCUT2D eigenvalue weighted by molar-refractivity contribution is 0.684. The maximum absolute atomic E-state index is 4.54. The summed E-state index contributed by atoms with van der Waals surface area (Å²) in [5.41, 5.74) is 3.90. The Morgan fingerprint density at radius 1 is 1.00 bits per heavy atom. The van der Waals surface area contributed by atoms with Crippen molar-refractivity contribution in [3.05, 3.63) is 64.8 Å². The topological polar surface area (TPSA) is 68.5 Å². The van der Waals surface area contributed by atoms with Gasteiger partial charge in [0.15, 0.2) is 0 Å². The fourth-order valence-corrected chi connectivity index (χ4v) is 4.90. The highest BCUT2D eigenvalue weighted by atomic mass is 32.1. The van der Waals surface area contributed by atoms with Crippen LogP contribution in [0.5, 0.6) is 0 Å². The zero-order valence-corrected chi connectivity index (χ0v) is 15.7. The quantitative estimate of drug-likeness (QED) is 0.573. The van der Waals surface area contributed by atoms with Gasteiger partial charge in [0, 0.05) is 11.4 Å². The highest BCUT2D eigenvalue weighted by molar-refractivity contribution is 7.19. The molecule has 3 heterocycles. The van der Waals surface area contributed by atoms with Crippen LogP contribution in [-0.2, 0) is 25.9 Å². The van der Waals surface area contributed by atoms with E-state index in [2.05, 4.69) is 49.6 Å². The third-order valence-corrected chi connectivity index (χ3v) is 6.25. The Morgan fingerprint density at radius 3 is 2.70 bits per heavy atom. The van der Waals surface area contributed by atoms with Crippen LogP contribution in [0.1, 0.15) is 34.4 Å². The molecule has 1 aliphatic carbocycles. The average Bonchev–Trinajstić information content (AvgIpc) is 3.35. The minimum atomic E-state index is 0.737. The van der Waals surface area contributed by atoms with Crippen molar-refractivity contribution in [2.75, 3.05) is 5.32 Å². The van der Waals surface area contributed by atoms with Crippen LogP contribution in [0.15, 0.2) is 43.2 Å². The highest BCUT2D eigenvalue weighted by Crippen LogP contribution is 2.38. The van der Waals surface area contributed by atoms with Crippen molar-refractivity contribution < 1.29 is 0 Å². The van der Waals surface area contributed by atoms with Gasteiger partial charge in [-0.25, -0.2) is 19.6 Å². The zero-order chi connectivity index (χ0) is 18.1. The molecular weight excluding hydrogens is 356 g/mol. The lowest BCUT2D eigenvalue weighted by Gasteiger charge is -2.12. The summed E-state index contributed by atoms with van der Waals surface area (Å²) in [5.74, 6) is 0.964. The van der Waals surface area contributed by atoms with Crippen molar-refractivity contribution in [2.45, 2.75) is 38.8 Å². The number of anilines is 1. The largest absolute Gasteiger partial charge is 0.365 e. The van der Waals surface area contributed by atoms with E-state index < -0.39 is 0 Å². The number of hydrogen-bond acceptors (Lipinski definition) is 6. The van der Waals surface area contributed by atoms with Gasteiger partial charge in [-0.05, 0) is 42.4 Å². The molecule has 0 aliphatic heterocycles. The van der Waals surface area contributed by atoms with E-state index in [-0.39, 0.29) is 0 Å². The summed E-state index contributed by atoms with van der Waals surface area (Å²) < 4.78 is 1.82. The first-order valence-corrected chi connectivity index (χ1v) is 10.1. The maximum atomic E-state index is 4.54. The molecular formula is C20H20N6S. The molecule has 0 saturated carbocycles. The minimum absolute atomic E-state index is 0.737. The predicted molar refractivity (Wildman–Crippen MR) is 107 cm³/mol. The van der Waals surface area contributed by atoms with Gasteiger partial charge < -0.3 is 5.32 Å². The Balaban J connectivity index is 1.33. The van der Waals surface area contributed by atoms with Crippen LogP contribution in [0, 0.1) is 0 Å². The molecule has 3 aromatic heterocycles. The number of benzene rings is 1. The monoisotopic (exact) mass is 376 g/mol. The Morgan fingerprint density at radius 2 is 1.85 bits per heavy atom. The van der Waals surface area contributed by atoms with Crippen molar-refractivity contribution >= 4 is 27.4 Å². The fourth-order valence-electron chi connectivity index (χ4n) is 3.67. The second-order valence-electron chi connectivity index (χ2n) is 6.88. The first-order valence-electron chi connectivity index (χ1n) is 9.26. The van der Waals surface area contributed by atoms with Gasteiger partial charge in [0.25, 0.3) is 0 Å². The number of rotatable bonds is 5. The summed E-state index contributed by atoms with van der Waals surface area (Å²) >= 11 is 1.83. The van der Waals surface area contributed by atoms with E-state index in [1.165, 1.54) is 46.2 Å². The number of hydrogen-bond donors (Lipinski definition) is 1. The highest BCUT2D eigenvalue weighted by Gasteiger charge is 2.19. The number of fused-ring (bicyclic) bond motifs is 3. The van der Waals surface area contributed by atoms with E-state index in [4.69, 9.17) is 0 Å². The molecule has 0 bridgehead atoms. The Bertz CT molecular complexity index is 1050. The van der Waals surface area contributed by atoms with E-state index in [1.54, 1.807) is 19.0 Å². The van der Waals surface area contributed by atoms with Crippen molar-refractivity contribution in [3.63, 3.8) is 0 Å². The molecule has 0 radical (unpaired) electrons. The van der Waals surface area contributed by atoms with Gasteiger partial charge in [0.1, 0.15) is 29.6 Å². The average molecular weight is 376 g/mol. The summed E-state index contributed by atoms with van der Waals surface area (Å²) in [7, 11) is 0. The summed E-state index contributed by atoms with van der Waals surface area (Å²) in [5, 5.41) is 8.92. The summed E-state index contributed by atoms with van der Waals surface area (Å²) in [6, 6.07) is 8.59. The molecule has 0 saturated heterocycles. The van der Waals surface area contributed by atoms with Crippen LogP contribution in [0.25, 0.3) is 10.2 Å². The van der Waals surface area contributed by atoms with Crippen molar-refractivity contribution in [2.24, 2.45) is 0 Å². The van der Waals surface area contributed by atoms with Gasteiger partial charge in [0.2, 0.25) is 0 Å². The molecule has 27 heavy (non-hydrogen) atoms. The molecule has 5 rings (SSSR count). The van der Waals surface area contributed by atoms with Crippen LogP contribution in [0.4, 0.5) is 5.82 Å². The predicted octanol–water partition coefficient (Wildman–Crippen LogP) is 3.82. The van der Waals surface area contributed by atoms with Gasteiger partial charge in [-0.15, -0.1) is 11.3 Å². The van der Waals surface area contributed by atoms with E-state index in [0.717, 1.165) is 30.2 Å². The standard InChI is InChI=1S/C20H20N6S/c1-2-4-17-16(3-1)18-19(23-12-24-20(18)27-17)22-9-14-5-7-15(8-6-14)10-26-13-21-11-25-26/h5-8,11-13H,1-4,9-10H2,(H,22,23,24). The third-order valence-electron chi connectivity index (χ3n) is 5.05. The Kier molecular flexibility index (Phi) is 4.29.